The van der Waals surface area contributed by atoms with E-state index in [0.717, 1.165) is 24.0 Å². The number of esters is 1. The molecule has 1 aliphatic heterocycles. The Morgan fingerprint density at radius 1 is 1.14 bits per heavy atom. The number of aryl methyl sites for hydroxylation is 2. The summed E-state index contributed by atoms with van der Waals surface area (Å²) in [6, 6.07) is 14.5. The molecule has 0 radical (unpaired) electrons. The lowest BCUT2D eigenvalue weighted by Crippen LogP contribution is -2.46. The molecule has 1 saturated heterocycles. The molecule has 0 saturated carbocycles. The van der Waals surface area contributed by atoms with E-state index in [0.29, 0.717) is 41.7 Å². The summed E-state index contributed by atoms with van der Waals surface area (Å²) in [5.74, 6) is 1.15. The lowest BCUT2D eigenvalue weighted by Gasteiger charge is -2.31. The molecular formula is C27H33N3O6S. The van der Waals surface area contributed by atoms with Gasteiger partial charge >= 0.3 is 5.97 Å². The van der Waals surface area contributed by atoms with Crippen LogP contribution in [0.15, 0.2) is 52.9 Å². The molecular weight excluding hydrogens is 494 g/mol. The van der Waals surface area contributed by atoms with E-state index in [1.165, 1.54) is 15.7 Å². The van der Waals surface area contributed by atoms with Crippen molar-refractivity contribution in [2.24, 2.45) is 0 Å². The summed E-state index contributed by atoms with van der Waals surface area (Å²) in [6.07, 6.45) is 1.60. The molecule has 10 heteroatoms. The van der Waals surface area contributed by atoms with Crippen LogP contribution in [-0.4, -0.2) is 54.7 Å². The third kappa shape index (κ3) is 6.03. The zero-order valence-corrected chi connectivity index (χ0v) is 22.5. The highest BCUT2D eigenvalue weighted by Gasteiger charge is 2.37. The molecule has 1 aromatic heterocycles. The Morgan fingerprint density at radius 2 is 1.86 bits per heavy atom. The molecule has 9 nitrogen and oxygen atoms in total. The number of oxazole rings is 1. The second-order valence-corrected chi connectivity index (χ2v) is 11.0. The summed E-state index contributed by atoms with van der Waals surface area (Å²) in [4.78, 5) is 16.7. The van der Waals surface area contributed by atoms with Gasteiger partial charge in [-0.1, -0.05) is 30.3 Å². The van der Waals surface area contributed by atoms with Crippen LogP contribution in [0.25, 0.3) is 11.5 Å². The van der Waals surface area contributed by atoms with Gasteiger partial charge < -0.3 is 13.9 Å². The fraction of sp³-hybridized carbons (Fsp3) is 0.407. The van der Waals surface area contributed by atoms with E-state index in [2.05, 4.69) is 4.98 Å². The van der Waals surface area contributed by atoms with Gasteiger partial charge in [0.15, 0.2) is 0 Å². The Bertz CT molecular complexity index is 1350. The first-order valence-corrected chi connectivity index (χ1v) is 13.7. The van der Waals surface area contributed by atoms with Gasteiger partial charge in [-0.3, -0.25) is 4.79 Å². The number of aromatic nitrogens is 1. The molecule has 37 heavy (non-hydrogen) atoms. The summed E-state index contributed by atoms with van der Waals surface area (Å²) < 4.78 is 46.0. The number of ether oxygens (including phenoxy) is 2. The van der Waals surface area contributed by atoms with E-state index in [1.807, 2.05) is 44.2 Å². The van der Waals surface area contributed by atoms with E-state index in [1.54, 1.807) is 25.1 Å². The van der Waals surface area contributed by atoms with E-state index in [-0.39, 0.29) is 13.2 Å². The van der Waals surface area contributed by atoms with Crippen molar-refractivity contribution in [2.75, 3.05) is 26.7 Å². The van der Waals surface area contributed by atoms with Crippen molar-refractivity contribution >= 4 is 16.2 Å². The maximum Gasteiger partial charge on any atom is 0.321 e. The number of rotatable bonds is 10. The van der Waals surface area contributed by atoms with Crippen molar-refractivity contribution in [3.8, 4) is 17.2 Å². The normalized spacial score (nSPS) is 15.2. The van der Waals surface area contributed by atoms with Crippen LogP contribution in [0.1, 0.15) is 48.4 Å². The van der Waals surface area contributed by atoms with Gasteiger partial charge in [0.05, 0.1) is 7.11 Å². The minimum absolute atomic E-state index is 0.191. The van der Waals surface area contributed by atoms with E-state index < -0.39 is 22.2 Å². The molecule has 0 spiro atoms. The molecule has 0 aliphatic carbocycles. The van der Waals surface area contributed by atoms with Gasteiger partial charge in [-0.25, -0.2) is 4.98 Å². The number of methoxy groups -OCH3 is 1. The van der Waals surface area contributed by atoms with Gasteiger partial charge in [0.25, 0.3) is 10.2 Å². The van der Waals surface area contributed by atoms with Gasteiger partial charge in [0, 0.05) is 24.7 Å². The fourth-order valence-corrected chi connectivity index (χ4v) is 6.16. The minimum atomic E-state index is -3.85. The topological polar surface area (TPSA) is 102 Å². The Labute approximate surface area is 218 Å². The number of hydrogen-bond donors (Lipinski definition) is 0. The lowest BCUT2D eigenvalue weighted by atomic mass is 10.1. The van der Waals surface area contributed by atoms with Crippen molar-refractivity contribution in [1.82, 2.24) is 13.6 Å². The Morgan fingerprint density at radius 3 is 2.57 bits per heavy atom. The van der Waals surface area contributed by atoms with Crippen LogP contribution in [0.2, 0.25) is 0 Å². The highest BCUT2D eigenvalue weighted by atomic mass is 32.2. The van der Waals surface area contributed by atoms with E-state index in [9.17, 15) is 13.2 Å². The minimum Gasteiger partial charge on any atom is -0.487 e. The number of benzene rings is 2. The molecule has 0 bridgehead atoms. The maximum absolute atomic E-state index is 13.4. The zero-order valence-electron chi connectivity index (χ0n) is 21.6. The highest BCUT2D eigenvalue weighted by molar-refractivity contribution is 7.86. The molecule has 198 valence electrons. The summed E-state index contributed by atoms with van der Waals surface area (Å²) >= 11 is 0. The first kappa shape index (κ1) is 26.8. The molecule has 4 rings (SSSR count). The van der Waals surface area contributed by atoms with Crippen molar-refractivity contribution in [3.63, 3.8) is 0 Å². The largest absolute Gasteiger partial charge is 0.487 e. The van der Waals surface area contributed by atoms with Crippen LogP contribution >= 0.6 is 0 Å². The van der Waals surface area contributed by atoms with Gasteiger partial charge in [-0.15, -0.1) is 0 Å². The third-order valence-electron chi connectivity index (χ3n) is 6.62. The van der Waals surface area contributed by atoms with Gasteiger partial charge in [-0.05, 0) is 62.9 Å². The number of nitrogens with zero attached hydrogens (tertiary/aromatic N) is 3. The molecule has 0 N–H and O–H groups in total. The number of hydrogen-bond acceptors (Lipinski definition) is 7. The molecule has 0 amide bonds. The predicted molar refractivity (Wildman–Crippen MR) is 139 cm³/mol. The SMILES string of the molecule is COC(=O)CN(C(C)c1cccc(OCc2nc(-c3ccccc3C)oc2C)c1)S(=O)(=O)N1CCCC1. The number of carbonyl (C=O) groups excluding carboxylic acids is 1. The summed E-state index contributed by atoms with van der Waals surface area (Å²) in [7, 11) is -2.60. The fourth-order valence-electron chi connectivity index (χ4n) is 4.35. The summed E-state index contributed by atoms with van der Waals surface area (Å²) in [5, 5.41) is 0. The van der Waals surface area contributed by atoms with Crippen molar-refractivity contribution in [2.45, 2.75) is 46.3 Å². The summed E-state index contributed by atoms with van der Waals surface area (Å²) in [6.45, 7) is 6.31. The molecule has 1 aliphatic rings. The zero-order chi connectivity index (χ0) is 26.6. The monoisotopic (exact) mass is 527 g/mol. The first-order chi connectivity index (χ1) is 17.7. The van der Waals surface area contributed by atoms with Crippen molar-refractivity contribution in [3.05, 3.63) is 71.1 Å². The molecule has 1 fully saturated rings. The Hall–Kier alpha value is -3.21. The number of carbonyl (C=O) groups is 1. The van der Waals surface area contributed by atoms with Crippen LogP contribution in [0, 0.1) is 13.8 Å². The molecule has 2 heterocycles. The molecule has 1 atom stereocenters. The second-order valence-electron chi connectivity index (χ2n) is 9.11. The molecule has 1 unspecified atom stereocenters. The molecule has 2 aromatic carbocycles. The van der Waals surface area contributed by atoms with Crippen molar-refractivity contribution < 1.29 is 27.1 Å². The standard InChI is InChI=1S/C27H33N3O6S/c1-19-10-5-6-13-24(19)27-28-25(21(3)36-27)18-35-23-12-9-11-22(16-23)20(2)30(17-26(31)34-4)37(32,33)29-14-7-8-15-29/h5-6,9-13,16,20H,7-8,14-15,17-18H2,1-4H3. The van der Waals surface area contributed by atoms with E-state index >= 15 is 0 Å². The van der Waals surface area contributed by atoms with Crippen LogP contribution in [-0.2, 0) is 26.3 Å². The Kier molecular flexibility index (Phi) is 8.31. The maximum atomic E-state index is 13.4. The van der Waals surface area contributed by atoms with Crippen LogP contribution in [0.5, 0.6) is 5.75 Å². The van der Waals surface area contributed by atoms with Gasteiger partial charge in [0.2, 0.25) is 5.89 Å². The average molecular weight is 528 g/mol. The second kappa shape index (κ2) is 11.5. The third-order valence-corrected chi connectivity index (χ3v) is 8.67. The Balaban J connectivity index is 1.52. The quantitative estimate of drug-likeness (QED) is 0.360. The predicted octanol–water partition coefficient (Wildman–Crippen LogP) is 4.41. The van der Waals surface area contributed by atoms with Gasteiger partial charge in [-0.2, -0.15) is 17.0 Å². The van der Waals surface area contributed by atoms with Gasteiger partial charge in [0.1, 0.15) is 30.4 Å². The lowest BCUT2D eigenvalue weighted by molar-refractivity contribution is -0.141. The average Bonchev–Trinajstić information content (AvgIpc) is 3.56. The van der Waals surface area contributed by atoms with Crippen molar-refractivity contribution in [1.29, 1.82) is 0 Å². The smallest absolute Gasteiger partial charge is 0.321 e. The van der Waals surface area contributed by atoms with E-state index in [4.69, 9.17) is 13.9 Å². The van der Waals surface area contributed by atoms with Crippen LogP contribution in [0.4, 0.5) is 0 Å². The van der Waals surface area contributed by atoms with Crippen LogP contribution < -0.4 is 4.74 Å². The highest BCUT2D eigenvalue weighted by Crippen LogP contribution is 2.30. The first-order valence-electron chi connectivity index (χ1n) is 12.3. The van der Waals surface area contributed by atoms with Crippen LogP contribution in [0.3, 0.4) is 0 Å². The molecule has 3 aromatic rings. The summed E-state index contributed by atoms with van der Waals surface area (Å²) in [5.41, 5.74) is 3.37.